The van der Waals surface area contributed by atoms with Gasteiger partial charge in [0.05, 0.1) is 6.21 Å². The van der Waals surface area contributed by atoms with Crippen LogP contribution in [0.15, 0.2) is 52.4 Å². The summed E-state index contributed by atoms with van der Waals surface area (Å²) in [7, 11) is 0. The molecule has 0 aliphatic heterocycles. The lowest BCUT2D eigenvalue weighted by Crippen LogP contribution is -2.20. The number of benzene rings is 2. The first kappa shape index (κ1) is 15.5. The van der Waals surface area contributed by atoms with E-state index in [9.17, 15) is 9.18 Å². The van der Waals surface area contributed by atoms with Crippen LogP contribution in [-0.4, -0.2) is 20.9 Å². The summed E-state index contributed by atoms with van der Waals surface area (Å²) < 4.78 is 14.4. The standard InChI is InChI=1S/C18H12ClFN4O/c1-10-22-16-14-8-12(19)5-6-15(14)23-17(16)18(25)24(10)21-9-11-3-2-4-13(20)7-11/h2-9,23H,1H3/b21-9+. The van der Waals surface area contributed by atoms with E-state index in [1.54, 1.807) is 37.3 Å². The Morgan fingerprint density at radius 3 is 2.92 bits per heavy atom. The predicted octanol–water partition coefficient (Wildman–Crippen LogP) is 3.86. The highest BCUT2D eigenvalue weighted by molar-refractivity contribution is 6.31. The van der Waals surface area contributed by atoms with Crippen LogP contribution in [-0.2, 0) is 0 Å². The molecule has 124 valence electrons. The van der Waals surface area contributed by atoms with E-state index in [1.165, 1.54) is 23.0 Å². The van der Waals surface area contributed by atoms with Gasteiger partial charge in [-0.2, -0.15) is 9.78 Å². The SMILES string of the molecule is Cc1nc2c([nH]c3ccc(Cl)cc32)c(=O)n1/N=C/c1cccc(F)c1. The molecule has 0 aliphatic carbocycles. The number of aromatic amines is 1. The van der Waals surface area contributed by atoms with Gasteiger partial charge in [0.15, 0.2) is 0 Å². The minimum Gasteiger partial charge on any atom is -0.349 e. The van der Waals surface area contributed by atoms with Crippen LogP contribution in [0.5, 0.6) is 0 Å². The van der Waals surface area contributed by atoms with Gasteiger partial charge >= 0.3 is 0 Å². The molecule has 4 rings (SSSR count). The van der Waals surface area contributed by atoms with Crippen LogP contribution in [0, 0.1) is 12.7 Å². The van der Waals surface area contributed by atoms with Crippen LogP contribution in [0.2, 0.25) is 5.02 Å². The van der Waals surface area contributed by atoms with Crippen LogP contribution in [0.1, 0.15) is 11.4 Å². The molecule has 0 spiro atoms. The number of rotatable bonds is 2. The molecule has 4 aromatic rings. The van der Waals surface area contributed by atoms with Crippen molar-refractivity contribution < 1.29 is 4.39 Å². The third kappa shape index (κ3) is 2.70. The summed E-state index contributed by atoms with van der Waals surface area (Å²) >= 11 is 6.04. The molecule has 0 aliphatic rings. The van der Waals surface area contributed by atoms with Crippen molar-refractivity contribution >= 4 is 39.8 Å². The van der Waals surface area contributed by atoms with Crippen LogP contribution < -0.4 is 5.56 Å². The lowest BCUT2D eigenvalue weighted by Gasteiger charge is -2.03. The Bertz CT molecular complexity index is 1210. The first-order chi connectivity index (χ1) is 12.0. The van der Waals surface area contributed by atoms with E-state index in [0.29, 0.717) is 27.4 Å². The average molecular weight is 355 g/mol. The maximum absolute atomic E-state index is 13.3. The molecule has 2 heterocycles. The molecule has 0 amide bonds. The van der Waals surface area contributed by atoms with Gasteiger partial charge in [0.1, 0.15) is 22.7 Å². The van der Waals surface area contributed by atoms with Gasteiger partial charge in [0, 0.05) is 15.9 Å². The molecule has 0 radical (unpaired) electrons. The fourth-order valence-electron chi connectivity index (χ4n) is 2.73. The highest BCUT2D eigenvalue weighted by Gasteiger charge is 2.13. The third-order valence-electron chi connectivity index (χ3n) is 3.89. The van der Waals surface area contributed by atoms with Crippen molar-refractivity contribution in [2.24, 2.45) is 5.10 Å². The zero-order valence-electron chi connectivity index (χ0n) is 13.1. The summed E-state index contributed by atoms with van der Waals surface area (Å²) in [6, 6.07) is 11.3. The topological polar surface area (TPSA) is 63.0 Å². The average Bonchev–Trinajstić information content (AvgIpc) is 2.93. The van der Waals surface area contributed by atoms with Gasteiger partial charge in [-0.25, -0.2) is 9.37 Å². The normalized spacial score (nSPS) is 11.8. The summed E-state index contributed by atoms with van der Waals surface area (Å²) in [5, 5.41) is 5.51. The number of hydrogen-bond donors (Lipinski definition) is 1. The first-order valence-electron chi connectivity index (χ1n) is 7.53. The fraction of sp³-hybridized carbons (Fsp3) is 0.0556. The number of nitrogens with zero attached hydrogens (tertiary/aromatic N) is 3. The van der Waals surface area contributed by atoms with E-state index in [0.717, 1.165) is 10.9 Å². The Labute approximate surface area is 146 Å². The number of fused-ring (bicyclic) bond motifs is 3. The number of hydrogen-bond acceptors (Lipinski definition) is 3. The van der Waals surface area contributed by atoms with E-state index < -0.39 is 0 Å². The summed E-state index contributed by atoms with van der Waals surface area (Å²) in [5.74, 6) is 0.0557. The van der Waals surface area contributed by atoms with Gasteiger partial charge in [-0.05, 0) is 42.8 Å². The van der Waals surface area contributed by atoms with E-state index in [-0.39, 0.29) is 11.4 Å². The summed E-state index contributed by atoms with van der Waals surface area (Å²) in [6.07, 6.45) is 1.42. The van der Waals surface area contributed by atoms with Gasteiger partial charge in [-0.3, -0.25) is 4.79 Å². The van der Waals surface area contributed by atoms with E-state index in [1.807, 2.05) is 0 Å². The number of aryl methyl sites for hydroxylation is 1. The second-order valence-electron chi connectivity index (χ2n) is 5.61. The van der Waals surface area contributed by atoms with Crippen molar-refractivity contribution in [1.82, 2.24) is 14.6 Å². The largest absolute Gasteiger partial charge is 0.349 e. The van der Waals surface area contributed by atoms with Gasteiger partial charge in [-0.1, -0.05) is 23.7 Å². The highest BCUT2D eigenvalue weighted by Crippen LogP contribution is 2.25. The molecule has 5 nitrogen and oxygen atoms in total. The van der Waals surface area contributed by atoms with Crippen molar-refractivity contribution in [3.63, 3.8) is 0 Å². The third-order valence-corrected chi connectivity index (χ3v) is 4.13. The summed E-state index contributed by atoms with van der Waals surface area (Å²) in [4.78, 5) is 20.3. The molecule has 7 heteroatoms. The lowest BCUT2D eigenvalue weighted by molar-refractivity contribution is 0.627. The monoisotopic (exact) mass is 354 g/mol. The van der Waals surface area contributed by atoms with Gasteiger partial charge in [-0.15, -0.1) is 0 Å². The maximum atomic E-state index is 13.3. The minimum absolute atomic E-state index is 0.331. The van der Waals surface area contributed by atoms with Crippen LogP contribution in [0.25, 0.3) is 21.9 Å². The van der Waals surface area contributed by atoms with Crippen molar-refractivity contribution in [2.45, 2.75) is 6.92 Å². The molecule has 25 heavy (non-hydrogen) atoms. The number of H-pyrrole nitrogens is 1. The number of nitrogens with one attached hydrogen (secondary N) is 1. The maximum Gasteiger partial charge on any atom is 0.298 e. The molecule has 1 N–H and O–H groups in total. The highest BCUT2D eigenvalue weighted by atomic mass is 35.5. The molecule has 2 aromatic heterocycles. The molecule has 0 bridgehead atoms. The van der Waals surface area contributed by atoms with E-state index >= 15 is 0 Å². The van der Waals surface area contributed by atoms with E-state index in [4.69, 9.17) is 11.6 Å². The molecule has 0 saturated carbocycles. The zero-order chi connectivity index (χ0) is 17.6. The van der Waals surface area contributed by atoms with Crippen molar-refractivity contribution in [1.29, 1.82) is 0 Å². The second-order valence-corrected chi connectivity index (χ2v) is 6.05. The quantitative estimate of drug-likeness (QED) is 0.555. The van der Waals surface area contributed by atoms with Crippen molar-refractivity contribution in [3.05, 3.63) is 75.0 Å². The van der Waals surface area contributed by atoms with Crippen molar-refractivity contribution in [2.75, 3.05) is 0 Å². The molecule has 0 atom stereocenters. The van der Waals surface area contributed by atoms with Crippen LogP contribution >= 0.6 is 11.6 Å². The summed E-state index contributed by atoms with van der Waals surface area (Å²) in [5.41, 5.74) is 1.89. The van der Waals surface area contributed by atoms with Gasteiger partial charge < -0.3 is 4.98 Å². The smallest absolute Gasteiger partial charge is 0.298 e. The van der Waals surface area contributed by atoms with Crippen molar-refractivity contribution in [3.8, 4) is 0 Å². The molecular formula is C18H12ClFN4O. The first-order valence-corrected chi connectivity index (χ1v) is 7.91. The molecule has 0 fully saturated rings. The van der Waals surface area contributed by atoms with Crippen LogP contribution in [0.3, 0.4) is 0 Å². The van der Waals surface area contributed by atoms with Crippen LogP contribution in [0.4, 0.5) is 4.39 Å². The Morgan fingerprint density at radius 2 is 2.12 bits per heavy atom. The minimum atomic E-state index is -0.367. The van der Waals surface area contributed by atoms with Gasteiger partial charge in [0.2, 0.25) is 0 Å². The Hall–Kier alpha value is -2.99. The Balaban J connectivity index is 1.90. The zero-order valence-corrected chi connectivity index (χ0v) is 13.9. The lowest BCUT2D eigenvalue weighted by atomic mass is 10.2. The fourth-order valence-corrected chi connectivity index (χ4v) is 2.90. The Kier molecular flexibility index (Phi) is 3.62. The predicted molar refractivity (Wildman–Crippen MR) is 97.0 cm³/mol. The number of aromatic nitrogens is 3. The summed E-state index contributed by atoms with van der Waals surface area (Å²) in [6.45, 7) is 1.69. The van der Waals surface area contributed by atoms with E-state index in [2.05, 4.69) is 15.1 Å². The molecule has 0 saturated heterocycles. The molecule has 2 aromatic carbocycles. The molecular weight excluding hydrogens is 343 g/mol. The number of halogens is 2. The molecule has 0 unspecified atom stereocenters. The Morgan fingerprint density at radius 1 is 1.28 bits per heavy atom. The second kappa shape index (κ2) is 5.82. The van der Waals surface area contributed by atoms with Gasteiger partial charge in [0.25, 0.3) is 5.56 Å².